The second-order valence-corrected chi connectivity index (χ2v) is 6.10. The van der Waals surface area contributed by atoms with Gasteiger partial charge in [-0.2, -0.15) is 0 Å². The van der Waals surface area contributed by atoms with Crippen LogP contribution >= 0.6 is 11.3 Å². The Hall–Kier alpha value is -3.46. The Bertz CT molecular complexity index is 940. The Morgan fingerprint density at radius 1 is 1.23 bits per heavy atom. The van der Waals surface area contributed by atoms with Crippen LogP contribution in [0.25, 0.3) is 11.3 Å². The van der Waals surface area contributed by atoms with Gasteiger partial charge in [0.15, 0.2) is 11.7 Å². The smallest absolute Gasteiger partial charge is 0.269 e. The molecule has 0 fully saturated rings. The molecule has 1 heterocycles. The molecule has 3 aromatic rings. The molecule has 9 heteroatoms. The second kappa shape index (κ2) is 7.62. The minimum Gasteiger partial charge on any atom is -0.483 e. The molecule has 0 aliphatic heterocycles. The number of amides is 1. The van der Waals surface area contributed by atoms with Gasteiger partial charge in [0.1, 0.15) is 5.75 Å². The van der Waals surface area contributed by atoms with E-state index in [2.05, 4.69) is 10.3 Å². The Labute approximate surface area is 152 Å². The van der Waals surface area contributed by atoms with Crippen LogP contribution in [0.4, 0.5) is 16.5 Å². The molecule has 0 aliphatic rings. The number of nitro groups is 1. The van der Waals surface area contributed by atoms with Crippen molar-refractivity contribution in [3.8, 4) is 17.0 Å². The number of anilines is 2. The van der Waals surface area contributed by atoms with Crippen LogP contribution in [-0.2, 0) is 4.79 Å². The zero-order valence-corrected chi connectivity index (χ0v) is 14.2. The summed E-state index contributed by atoms with van der Waals surface area (Å²) >= 11 is 1.32. The molecule has 0 radical (unpaired) electrons. The van der Waals surface area contributed by atoms with Crippen LogP contribution in [0.1, 0.15) is 0 Å². The molecule has 0 bridgehead atoms. The van der Waals surface area contributed by atoms with Gasteiger partial charge < -0.3 is 15.8 Å². The molecule has 0 saturated heterocycles. The summed E-state index contributed by atoms with van der Waals surface area (Å²) in [5, 5.41) is 15.5. The number of carbonyl (C=O) groups is 1. The SMILES string of the molecule is Nc1nc(-c2ccccc2OCC(=O)Nc2ccc([N+](=O)[O-])cc2)cs1. The number of nitrogen functional groups attached to an aromatic ring is 1. The van der Waals surface area contributed by atoms with Gasteiger partial charge in [-0.3, -0.25) is 14.9 Å². The molecule has 0 aliphatic carbocycles. The number of nitrogens with two attached hydrogens (primary N) is 1. The van der Waals surface area contributed by atoms with Crippen molar-refractivity contribution in [2.45, 2.75) is 0 Å². The average Bonchev–Trinajstić information content (AvgIpc) is 3.07. The minimum atomic E-state index is -0.503. The number of aromatic nitrogens is 1. The van der Waals surface area contributed by atoms with Gasteiger partial charge in [-0.15, -0.1) is 11.3 Å². The summed E-state index contributed by atoms with van der Waals surface area (Å²) in [4.78, 5) is 26.4. The highest BCUT2D eigenvalue weighted by Crippen LogP contribution is 2.31. The van der Waals surface area contributed by atoms with E-state index in [1.165, 1.54) is 35.6 Å². The van der Waals surface area contributed by atoms with E-state index in [4.69, 9.17) is 10.5 Å². The Morgan fingerprint density at radius 2 is 1.96 bits per heavy atom. The van der Waals surface area contributed by atoms with Gasteiger partial charge in [0.25, 0.3) is 11.6 Å². The monoisotopic (exact) mass is 370 g/mol. The number of nitro benzene ring substituents is 1. The Balaban J connectivity index is 1.64. The third kappa shape index (κ3) is 4.14. The lowest BCUT2D eigenvalue weighted by atomic mass is 10.1. The van der Waals surface area contributed by atoms with Crippen molar-refractivity contribution < 1.29 is 14.5 Å². The third-order valence-electron chi connectivity index (χ3n) is 3.41. The van der Waals surface area contributed by atoms with Crippen molar-refractivity contribution in [2.75, 3.05) is 17.7 Å². The van der Waals surface area contributed by atoms with Crippen LogP contribution in [0.15, 0.2) is 53.9 Å². The Morgan fingerprint density at radius 3 is 2.62 bits per heavy atom. The second-order valence-electron chi connectivity index (χ2n) is 5.21. The zero-order valence-electron chi connectivity index (χ0n) is 13.4. The van der Waals surface area contributed by atoms with Crippen molar-refractivity contribution >= 4 is 33.8 Å². The highest BCUT2D eigenvalue weighted by Gasteiger charge is 2.11. The number of carbonyl (C=O) groups excluding carboxylic acids is 1. The van der Waals surface area contributed by atoms with E-state index in [1.807, 2.05) is 17.5 Å². The number of nitrogens with zero attached hydrogens (tertiary/aromatic N) is 2. The van der Waals surface area contributed by atoms with Gasteiger partial charge in [0, 0.05) is 28.8 Å². The zero-order chi connectivity index (χ0) is 18.5. The summed E-state index contributed by atoms with van der Waals surface area (Å²) in [5.74, 6) is 0.128. The first kappa shape index (κ1) is 17.4. The van der Waals surface area contributed by atoms with Crippen LogP contribution < -0.4 is 15.8 Å². The summed E-state index contributed by atoms with van der Waals surface area (Å²) < 4.78 is 5.60. The van der Waals surface area contributed by atoms with E-state index in [1.54, 1.807) is 12.1 Å². The summed E-state index contributed by atoms with van der Waals surface area (Å²) in [6.07, 6.45) is 0. The molecule has 0 spiro atoms. The number of nitrogens with one attached hydrogen (secondary N) is 1. The fraction of sp³-hybridized carbons (Fsp3) is 0.0588. The fourth-order valence-corrected chi connectivity index (χ4v) is 2.79. The number of ether oxygens (including phenoxy) is 1. The summed E-state index contributed by atoms with van der Waals surface area (Å²) in [5.41, 5.74) is 7.49. The number of benzene rings is 2. The first-order chi connectivity index (χ1) is 12.5. The maximum Gasteiger partial charge on any atom is 0.269 e. The molecule has 0 saturated carbocycles. The number of hydrogen-bond donors (Lipinski definition) is 2. The van der Waals surface area contributed by atoms with Crippen LogP contribution in [0.5, 0.6) is 5.75 Å². The highest BCUT2D eigenvalue weighted by atomic mass is 32.1. The quantitative estimate of drug-likeness (QED) is 0.507. The van der Waals surface area contributed by atoms with Gasteiger partial charge in [0.2, 0.25) is 0 Å². The summed E-state index contributed by atoms with van der Waals surface area (Å²) in [7, 11) is 0. The first-order valence-corrected chi connectivity index (χ1v) is 8.38. The Kier molecular flexibility index (Phi) is 5.09. The number of thiazole rings is 1. The fourth-order valence-electron chi connectivity index (χ4n) is 2.22. The van der Waals surface area contributed by atoms with Gasteiger partial charge in [0.05, 0.1) is 10.6 Å². The standard InChI is InChI=1S/C17H14N4O4S/c18-17-20-14(10-26-17)13-3-1-2-4-15(13)25-9-16(22)19-11-5-7-12(8-6-11)21(23)24/h1-8,10H,9H2,(H2,18,20)(H,19,22). The molecule has 1 amide bonds. The van der Waals surface area contributed by atoms with Crippen LogP contribution in [0.3, 0.4) is 0 Å². The molecule has 3 rings (SSSR count). The molecular weight excluding hydrogens is 356 g/mol. The van der Waals surface area contributed by atoms with Crippen LogP contribution in [-0.4, -0.2) is 22.4 Å². The predicted molar refractivity (Wildman–Crippen MR) is 99.2 cm³/mol. The summed E-state index contributed by atoms with van der Waals surface area (Å²) in [6, 6.07) is 12.8. The van der Waals surface area contributed by atoms with Gasteiger partial charge in [-0.1, -0.05) is 12.1 Å². The lowest BCUT2D eigenvalue weighted by Crippen LogP contribution is -2.20. The van der Waals surface area contributed by atoms with Crippen molar-refractivity contribution in [3.05, 3.63) is 64.0 Å². The van der Waals surface area contributed by atoms with E-state index in [-0.39, 0.29) is 18.2 Å². The molecular formula is C17H14N4O4S. The molecule has 2 aromatic carbocycles. The van der Waals surface area contributed by atoms with Gasteiger partial charge in [-0.25, -0.2) is 4.98 Å². The average molecular weight is 370 g/mol. The van der Waals surface area contributed by atoms with Crippen LogP contribution in [0, 0.1) is 10.1 Å². The van der Waals surface area contributed by atoms with Crippen molar-refractivity contribution in [1.29, 1.82) is 0 Å². The molecule has 1 aromatic heterocycles. The highest BCUT2D eigenvalue weighted by molar-refractivity contribution is 7.13. The number of rotatable bonds is 6. The third-order valence-corrected chi connectivity index (χ3v) is 4.08. The molecule has 132 valence electrons. The maximum atomic E-state index is 12.1. The van der Waals surface area contributed by atoms with E-state index >= 15 is 0 Å². The van der Waals surface area contributed by atoms with Crippen molar-refractivity contribution in [1.82, 2.24) is 4.98 Å². The number of non-ortho nitro benzene ring substituents is 1. The minimum absolute atomic E-state index is 0.0456. The molecule has 8 nitrogen and oxygen atoms in total. The van der Waals surface area contributed by atoms with Crippen molar-refractivity contribution in [2.24, 2.45) is 0 Å². The topological polar surface area (TPSA) is 120 Å². The lowest BCUT2D eigenvalue weighted by molar-refractivity contribution is -0.384. The summed E-state index contributed by atoms with van der Waals surface area (Å²) in [6.45, 7) is -0.215. The number of para-hydroxylation sites is 1. The predicted octanol–water partition coefficient (Wildman–Crippen LogP) is 3.32. The van der Waals surface area contributed by atoms with E-state index in [9.17, 15) is 14.9 Å². The van der Waals surface area contributed by atoms with E-state index in [0.717, 1.165) is 5.56 Å². The first-order valence-electron chi connectivity index (χ1n) is 7.50. The maximum absolute atomic E-state index is 12.1. The lowest BCUT2D eigenvalue weighted by Gasteiger charge is -2.10. The largest absolute Gasteiger partial charge is 0.483 e. The number of hydrogen-bond acceptors (Lipinski definition) is 7. The van der Waals surface area contributed by atoms with E-state index in [0.29, 0.717) is 22.3 Å². The molecule has 26 heavy (non-hydrogen) atoms. The molecule has 3 N–H and O–H groups in total. The molecule has 0 unspecified atom stereocenters. The molecule has 0 atom stereocenters. The van der Waals surface area contributed by atoms with Crippen molar-refractivity contribution in [3.63, 3.8) is 0 Å². The van der Waals surface area contributed by atoms with Gasteiger partial charge >= 0.3 is 0 Å². The normalized spacial score (nSPS) is 10.3. The van der Waals surface area contributed by atoms with Crippen LogP contribution in [0.2, 0.25) is 0 Å². The van der Waals surface area contributed by atoms with E-state index < -0.39 is 4.92 Å². The van der Waals surface area contributed by atoms with Gasteiger partial charge in [-0.05, 0) is 24.3 Å².